The van der Waals surface area contributed by atoms with Crippen LogP contribution in [-0.4, -0.2) is 11.6 Å². The van der Waals surface area contributed by atoms with Crippen molar-refractivity contribution in [3.63, 3.8) is 0 Å². The van der Waals surface area contributed by atoms with Gasteiger partial charge in [0, 0.05) is 11.8 Å². The van der Waals surface area contributed by atoms with Crippen molar-refractivity contribution in [3.8, 4) is 0 Å². The number of hydrogen-bond donors (Lipinski definition) is 0. The highest BCUT2D eigenvalue weighted by molar-refractivity contribution is 6.04. The molecule has 0 amide bonds. The van der Waals surface area contributed by atoms with Crippen LogP contribution in [0, 0.1) is 17.8 Å². The Kier molecular flexibility index (Phi) is 1.95. The highest BCUT2D eigenvalue weighted by Crippen LogP contribution is 2.40. The highest BCUT2D eigenvalue weighted by Gasteiger charge is 2.42. The predicted molar refractivity (Wildman–Crippen MR) is 53.7 cm³/mol. The van der Waals surface area contributed by atoms with Gasteiger partial charge in [-0.15, -0.1) is 0 Å². The van der Waals surface area contributed by atoms with Crippen LogP contribution in [0.2, 0.25) is 0 Å². The van der Waals surface area contributed by atoms with Gasteiger partial charge in [0.25, 0.3) is 0 Å². The SMILES string of the molecule is CC1=CC(=O)C2C(C)=CC(=O)C1C2C. The molecule has 0 aromatic carbocycles. The van der Waals surface area contributed by atoms with Crippen molar-refractivity contribution in [1.82, 2.24) is 0 Å². The van der Waals surface area contributed by atoms with E-state index < -0.39 is 0 Å². The van der Waals surface area contributed by atoms with Gasteiger partial charge in [-0.1, -0.05) is 18.1 Å². The maximum absolute atomic E-state index is 11.7. The lowest BCUT2D eigenvalue weighted by atomic mass is 9.65. The van der Waals surface area contributed by atoms with Gasteiger partial charge in [-0.05, 0) is 31.9 Å². The van der Waals surface area contributed by atoms with Crippen LogP contribution in [-0.2, 0) is 9.59 Å². The molecule has 2 heteroatoms. The van der Waals surface area contributed by atoms with Gasteiger partial charge in [-0.3, -0.25) is 9.59 Å². The van der Waals surface area contributed by atoms with Gasteiger partial charge in [0.2, 0.25) is 0 Å². The summed E-state index contributed by atoms with van der Waals surface area (Å²) in [6.07, 6.45) is 3.29. The molecule has 74 valence electrons. The number of allylic oxidation sites excluding steroid dienone is 4. The first kappa shape index (κ1) is 9.38. The van der Waals surface area contributed by atoms with Crippen LogP contribution in [0.25, 0.3) is 0 Å². The van der Waals surface area contributed by atoms with Crippen molar-refractivity contribution in [2.45, 2.75) is 20.8 Å². The summed E-state index contributed by atoms with van der Waals surface area (Å²) in [5.74, 6) is 0.354. The normalized spacial score (nSPS) is 36.6. The molecule has 2 aliphatic rings. The minimum absolute atomic E-state index is 0.0543. The Morgan fingerprint density at radius 3 is 1.64 bits per heavy atom. The van der Waals surface area contributed by atoms with Crippen LogP contribution in [0.3, 0.4) is 0 Å². The average molecular weight is 190 g/mol. The van der Waals surface area contributed by atoms with Crippen LogP contribution >= 0.6 is 0 Å². The molecule has 0 aromatic rings. The summed E-state index contributed by atoms with van der Waals surface area (Å²) in [6, 6.07) is 0. The Morgan fingerprint density at radius 1 is 0.929 bits per heavy atom. The minimum Gasteiger partial charge on any atom is -0.294 e. The molecular weight excluding hydrogens is 176 g/mol. The second-order valence-corrected chi connectivity index (χ2v) is 4.40. The Labute approximate surface area is 83.7 Å². The number of ketones is 2. The largest absolute Gasteiger partial charge is 0.294 e. The molecule has 2 atom stereocenters. The zero-order chi connectivity index (χ0) is 10.5. The molecule has 0 spiro atoms. The third kappa shape index (κ3) is 1.10. The van der Waals surface area contributed by atoms with Crippen molar-refractivity contribution in [2.75, 3.05) is 0 Å². The van der Waals surface area contributed by atoms with Gasteiger partial charge in [0.15, 0.2) is 11.6 Å². The molecule has 0 aliphatic heterocycles. The van der Waals surface area contributed by atoms with Crippen LogP contribution in [0.1, 0.15) is 20.8 Å². The predicted octanol–water partition coefficient (Wildman–Crippen LogP) is 1.91. The molecule has 0 radical (unpaired) electrons. The molecular formula is C12H14O2. The van der Waals surface area contributed by atoms with Gasteiger partial charge in [0.05, 0.1) is 0 Å². The highest BCUT2D eigenvalue weighted by atomic mass is 16.1. The molecule has 0 aromatic heterocycles. The van der Waals surface area contributed by atoms with Gasteiger partial charge >= 0.3 is 0 Å². The Hall–Kier alpha value is -1.18. The number of rotatable bonds is 0. The van der Waals surface area contributed by atoms with Gasteiger partial charge < -0.3 is 0 Å². The third-order valence-electron chi connectivity index (χ3n) is 3.39. The minimum atomic E-state index is -0.0543. The molecule has 2 aliphatic carbocycles. The van der Waals surface area contributed by atoms with Gasteiger partial charge in [0.1, 0.15) is 0 Å². The van der Waals surface area contributed by atoms with Crippen LogP contribution in [0.15, 0.2) is 23.3 Å². The summed E-state index contributed by atoms with van der Waals surface area (Å²) in [7, 11) is 0. The number of hydrogen-bond acceptors (Lipinski definition) is 2. The lowest BCUT2D eigenvalue weighted by Gasteiger charge is -2.37. The fourth-order valence-electron chi connectivity index (χ4n) is 2.80. The first-order valence-corrected chi connectivity index (χ1v) is 4.96. The number of carbonyl (C=O) groups is 2. The second kappa shape index (κ2) is 2.91. The first-order valence-electron chi connectivity index (χ1n) is 4.96. The molecule has 0 heterocycles. The van der Waals surface area contributed by atoms with E-state index in [1.807, 2.05) is 20.8 Å². The molecule has 14 heavy (non-hydrogen) atoms. The van der Waals surface area contributed by atoms with Crippen molar-refractivity contribution in [3.05, 3.63) is 23.3 Å². The van der Waals surface area contributed by atoms with Crippen molar-refractivity contribution < 1.29 is 9.59 Å². The van der Waals surface area contributed by atoms with E-state index in [1.54, 1.807) is 12.2 Å². The first-order chi connectivity index (χ1) is 6.52. The van der Waals surface area contributed by atoms with Crippen molar-refractivity contribution in [1.29, 1.82) is 0 Å². The summed E-state index contributed by atoms with van der Waals surface area (Å²) >= 11 is 0. The van der Waals surface area contributed by atoms with E-state index in [4.69, 9.17) is 0 Å². The summed E-state index contributed by atoms with van der Waals surface area (Å²) in [5.41, 5.74) is 1.85. The molecule has 0 fully saturated rings. The summed E-state index contributed by atoms with van der Waals surface area (Å²) < 4.78 is 0. The van der Waals surface area contributed by atoms with Crippen LogP contribution in [0.5, 0.6) is 0 Å². The molecule has 2 unspecified atom stereocenters. The third-order valence-corrected chi connectivity index (χ3v) is 3.39. The fraction of sp³-hybridized carbons (Fsp3) is 0.500. The Morgan fingerprint density at radius 2 is 1.29 bits per heavy atom. The lowest BCUT2D eigenvalue weighted by molar-refractivity contribution is -0.124. The Bertz CT molecular complexity index is 338. The lowest BCUT2D eigenvalue weighted by Crippen LogP contribution is -2.40. The summed E-state index contributed by atoms with van der Waals surface area (Å²) in [5, 5.41) is 0. The smallest absolute Gasteiger partial charge is 0.163 e. The maximum atomic E-state index is 11.7. The van der Waals surface area contributed by atoms with E-state index in [9.17, 15) is 9.59 Å². The van der Waals surface area contributed by atoms with Crippen molar-refractivity contribution in [2.24, 2.45) is 17.8 Å². The molecule has 2 bridgehead atoms. The Balaban J connectivity index is 2.55. The fourth-order valence-corrected chi connectivity index (χ4v) is 2.80. The quantitative estimate of drug-likeness (QED) is 0.584. The van der Waals surface area contributed by atoms with Crippen LogP contribution in [0.4, 0.5) is 0 Å². The monoisotopic (exact) mass is 190 g/mol. The van der Waals surface area contributed by atoms with E-state index in [1.165, 1.54) is 0 Å². The molecule has 2 nitrogen and oxygen atoms in total. The van der Waals surface area contributed by atoms with Crippen molar-refractivity contribution >= 4 is 11.6 Å². The maximum Gasteiger partial charge on any atom is 0.163 e. The summed E-state index contributed by atoms with van der Waals surface area (Å²) in [4.78, 5) is 23.4. The van der Waals surface area contributed by atoms with E-state index >= 15 is 0 Å². The second-order valence-electron chi connectivity index (χ2n) is 4.40. The molecule has 0 saturated carbocycles. The number of fused-ring (bicyclic) bond motifs is 2. The van der Waals surface area contributed by atoms with E-state index in [0.29, 0.717) is 0 Å². The van der Waals surface area contributed by atoms with Gasteiger partial charge in [-0.25, -0.2) is 0 Å². The van der Waals surface area contributed by atoms with E-state index in [0.717, 1.165) is 11.1 Å². The van der Waals surface area contributed by atoms with E-state index in [-0.39, 0.29) is 29.3 Å². The molecule has 0 saturated heterocycles. The van der Waals surface area contributed by atoms with Crippen LogP contribution < -0.4 is 0 Å². The number of carbonyl (C=O) groups excluding carboxylic acids is 2. The molecule has 0 N–H and O–H groups in total. The standard InChI is InChI=1S/C12H14O2/c1-6-4-9(13)12-7(2)5-10(14)11(6)8(12)3/h4-5,8,11-12H,1-3H3. The summed E-state index contributed by atoms with van der Waals surface area (Å²) in [6.45, 7) is 5.75. The molecule has 2 rings (SSSR count). The average Bonchev–Trinajstić information content (AvgIpc) is 1.99. The zero-order valence-corrected chi connectivity index (χ0v) is 8.70. The topological polar surface area (TPSA) is 34.1 Å². The van der Waals surface area contributed by atoms with E-state index in [2.05, 4.69) is 0 Å². The van der Waals surface area contributed by atoms with Gasteiger partial charge in [-0.2, -0.15) is 0 Å². The zero-order valence-electron chi connectivity index (χ0n) is 8.70.